The summed E-state index contributed by atoms with van der Waals surface area (Å²) >= 11 is 12.2. The minimum absolute atomic E-state index is 0.166. The van der Waals surface area contributed by atoms with Gasteiger partial charge < -0.3 is 14.6 Å². The molecule has 0 amide bonds. The SMILES string of the molecule is COc1cnc(C(C#N)=Cc2c(Cl)cncc2Cl)cc1OCCCCCO. The van der Waals surface area contributed by atoms with E-state index in [4.69, 9.17) is 37.8 Å². The molecule has 2 heterocycles. The predicted octanol–water partition coefficient (Wildman–Crippen LogP) is 4.40. The van der Waals surface area contributed by atoms with Gasteiger partial charge in [0.2, 0.25) is 0 Å². The summed E-state index contributed by atoms with van der Waals surface area (Å²) in [6, 6.07) is 3.75. The number of aromatic nitrogens is 2. The van der Waals surface area contributed by atoms with Crippen molar-refractivity contribution in [2.75, 3.05) is 20.3 Å². The zero-order valence-corrected chi connectivity index (χ0v) is 16.3. The Morgan fingerprint density at radius 1 is 1.19 bits per heavy atom. The molecule has 0 aliphatic rings. The van der Waals surface area contributed by atoms with E-state index < -0.39 is 0 Å². The third-order valence-corrected chi connectivity index (χ3v) is 4.29. The van der Waals surface area contributed by atoms with Gasteiger partial charge in [0.25, 0.3) is 0 Å². The lowest BCUT2D eigenvalue weighted by molar-refractivity contribution is 0.260. The maximum absolute atomic E-state index is 9.56. The van der Waals surface area contributed by atoms with Gasteiger partial charge in [-0.15, -0.1) is 0 Å². The summed E-state index contributed by atoms with van der Waals surface area (Å²) in [5.74, 6) is 0.956. The highest BCUT2D eigenvalue weighted by Gasteiger charge is 2.12. The van der Waals surface area contributed by atoms with Gasteiger partial charge in [0, 0.05) is 30.6 Å². The number of halogens is 2. The smallest absolute Gasteiger partial charge is 0.179 e. The molecule has 6 nitrogen and oxygen atoms in total. The standard InChI is InChI=1S/C19H19Cl2N3O3/c1-26-19-12-24-17(8-18(19)27-6-4-2-3-5-25)13(9-22)7-14-15(20)10-23-11-16(14)21/h7-8,10-12,25H,2-6H2,1H3. The third-order valence-electron chi connectivity index (χ3n) is 3.69. The first-order valence-electron chi connectivity index (χ1n) is 8.29. The monoisotopic (exact) mass is 407 g/mol. The lowest BCUT2D eigenvalue weighted by Gasteiger charge is -2.11. The number of ether oxygens (including phenoxy) is 2. The number of methoxy groups -OCH3 is 1. The maximum atomic E-state index is 9.56. The summed E-state index contributed by atoms with van der Waals surface area (Å²) in [5.41, 5.74) is 1.18. The number of unbranched alkanes of at least 4 members (excludes halogenated alkanes) is 2. The first kappa shape index (κ1) is 21.0. The highest BCUT2D eigenvalue weighted by molar-refractivity contribution is 6.37. The Balaban J connectivity index is 2.29. The van der Waals surface area contributed by atoms with Crippen LogP contribution in [0.2, 0.25) is 10.0 Å². The Labute approximate surface area is 168 Å². The van der Waals surface area contributed by atoms with Gasteiger partial charge in [-0.1, -0.05) is 23.2 Å². The maximum Gasteiger partial charge on any atom is 0.179 e. The van der Waals surface area contributed by atoms with Crippen molar-refractivity contribution in [1.82, 2.24) is 9.97 Å². The number of pyridine rings is 2. The number of hydrogen-bond acceptors (Lipinski definition) is 6. The molecule has 142 valence electrons. The van der Waals surface area contributed by atoms with Crippen LogP contribution in [0.3, 0.4) is 0 Å². The molecule has 1 N–H and O–H groups in total. The number of hydrogen-bond donors (Lipinski definition) is 1. The molecular formula is C19H19Cl2N3O3. The zero-order valence-electron chi connectivity index (χ0n) is 14.8. The molecule has 0 unspecified atom stereocenters. The summed E-state index contributed by atoms with van der Waals surface area (Å²) in [5, 5.41) is 19.1. The van der Waals surface area contributed by atoms with Crippen molar-refractivity contribution in [3.8, 4) is 17.6 Å². The van der Waals surface area contributed by atoms with Gasteiger partial charge in [0.15, 0.2) is 11.5 Å². The Kier molecular flexibility index (Phi) is 8.34. The van der Waals surface area contributed by atoms with Gasteiger partial charge in [0.05, 0.1) is 41.2 Å². The molecule has 8 heteroatoms. The van der Waals surface area contributed by atoms with Crippen LogP contribution >= 0.6 is 23.2 Å². The zero-order chi connectivity index (χ0) is 19.6. The van der Waals surface area contributed by atoms with E-state index in [-0.39, 0.29) is 12.2 Å². The van der Waals surface area contributed by atoms with Crippen LogP contribution in [-0.4, -0.2) is 35.4 Å². The van der Waals surface area contributed by atoms with Crippen molar-refractivity contribution in [2.24, 2.45) is 0 Å². The number of aliphatic hydroxyl groups is 1. The van der Waals surface area contributed by atoms with Gasteiger partial charge in [0.1, 0.15) is 6.07 Å². The molecule has 0 aromatic carbocycles. The molecule has 0 radical (unpaired) electrons. The lowest BCUT2D eigenvalue weighted by atomic mass is 10.1. The van der Waals surface area contributed by atoms with Gasteiger partial charge in [-0.2, -0.15) is 5.26 Å². The Bertz CT molecular complexity index is 830. The second-order valence-corrected chi connectivity index (χ2v) is 6.35. The van der Waals surface area contributed by atoms with E-state index in [1.807, 2.05) is 0 Å². The second kappa shape index (κ2) is 10.7. The van der Waals surface area contributed by atoms with Crippen molar-refractivity contribution >= 4 is 34.9 Å². The number of nitrogens with zero attached hydrogens (tertiary/aromatic N) is 3. The van der Waals surface area contributed by atoms with Crippen LogP contribution < -0.4 is 9.47 Å². The van der Waals surface area contributed by atoms with E-state index >= 15 is 0 Å². The average molecular weight is 408 g/mol. The molecule has 0 aliphatic heterocycles. The molecule has 27 heavy (non-hydrogen) atoms. The van der Waals surface area contributed by atoms with Crippen LogP contribution in [0.5, 0.6) is 11.5 Å². The Hall–Kier alpha value is -2.33. The summed E-state index contributed by atoms with van der Waals surface area (Å²) in [4.78, 5) is 8.16. The third kappa shape index (κ3) is 5.83. The Morgan fingerprint density at radius 2 is 1.93 bits per heavy atom. The fourth-order valence-electron chi connectivity index (χ4n) is 2.28. The molecule has 0 fully saturated rings. The second-order valence-electron chi connectivity index (χ2n) is 5.54. The van der Waals surface area contributed by atoms with Crippen LogP contribution in [0.25, 0.3) is 11.6 Å². The summed E-state index contributed by atoms with van der Waals surface area (Å²) < 4.78 is 11.0. The largest absolute Gasteiger partial charge is 0.491 e. The highest BCUT2D eigenvalue weighted by atomic mass is 35.5. The lowest BCUT2D eigenvalue weighted by Crippen LogP contribution is -2.01. The van der Waals surface area contributed by atoms with Crippen LogP contribution in [-0.2, 0) is 0 Å². The Morgan fingerprint density at radius 3 is 2.56 bits per heavy atom. The predicted molar refractivity (Wildman–Crippen MR) is 105 cm³/mol. The van der Waals surface area contributed by atoms with Crippen LogP contribution in [0.1, 0.15) is 30.5 Å². The summed E-state index contributed by atoms with van der Waals surface area (Å²) in [7, 11) is 1.52. The molecule has 0 aliphatic carbocycles. The minimum Gasteiger partial charge on any atom is -0.491 e. The molecule has 2 aromatic rings. The molecule has 2 rings (SSSR count). The molecule has 2 aromatic heterocycles. The normalized spacial score (nSPS) is 11.1. The van der Waals surface area contributed by atoms with Crippen molar-refractivity contribution in [3.63, 3.8) is 0 Å². The first-order valence-corrected chi connectivity index (χ1v) is 9.05. The summed E-state index contributed by atoms with van der Waals surface area (Å²) in [6.45, 7) is 0.632. The average Bonchev–Trinajstić information content (AvgIpc) is 2.67. The summed E-state index contributed by atoms with van der Waals surface area (Å²) in [6.07, 6.45) is 8.36. The van der Waals surface area contributed by atoms with E-state index in [2.05, 4.69) is 16.0 Å². The van der Waals surface area contributed by atoms with Crippen molar-refractivity contribution in [3.05, 3.63) is 46.0 Å². The molecule has 0 spiro atoms. The van der Waals surface area contributed by atoms with Gasteiger partial charge in [-0.05, 0) is 25.3 Å². The van der Waals surface area contributed by atoms with Crippen molar-refractivity contribution in [1.29, 1.82) is 5.26 Å². The molecular weight excluding hydrogens is 389 g/mol. The number of allylic oxidation sites excluding steroid dienone is 1. The molecule has 0 saturated heterocycles. The molecule has 0 atom stereocenters. The van der Waals surface area contributed by atoms with Gasteiger partial charge >= 0.3 is 0 Å². The topological polar surface area (TPSA) is 88.3 Å². The van der Waals surface area contributed by atoms with Gasteiger partial charge in [-0.25, -0.2) is 0 Å². The quantitative estimate of drug-likeness (QED) is 0.489. The highest BCUT2D eigenvalue weighted by Crippen LogP contribution is 2.31. The van der Waals surface area contributed by atoms with E-state index in [0.29, 0.717) is 39.4 Å². The van der Waals surface area contributed by atoms with Crippen molar-refractivity contribution in [2.45, 2.75) is 19.3 Å². The van der Waals surface area contributed by atoms with Crippen LogP contribution in [0.15, 0.2) is 24.7 Å². The molecule has 0 saturated carbocycles. The van der Waals surface area contributed by atoms with Crippen LogP contribution in [0, 0.1) is 11.3 Å². The van der Waals surface area contributed by atoms with E-state index in [0.717, 1.165) is 19.3 Å². The molecule has 0 bridgehead atoms. The van der Waals surface area contributed by atoms with Crippen LogP contribution in [0.4, 0.5) is 0 Å². The van der Waals surface area contributed by atoms with Gasteiger partial charge in [-0.3, -0.25) is 9.97 Å². The number of rotatable bonds is 9. The first-order chi connectivity index (χ1) is 13.1. The fourth-order valence-corrected chi connectivity index (χ4v) is 2.75. The van der Waals surface area contributed by atoms with E-state index in [1.165, 1.54) is 25.7 Å². The number of aliphatic hydroxyl groups excluding tert-OH is 1. The minimum atomic E-state index is 0.166. The van der Waals surface area contributed by atoms with Crippen molar-refractivity contribution < 1.29 is 14.6 Å². The van der Waals surface area contributed by atoms with E-state index in [1.54, 1.807) is 12.1 Å². The number of nitriles is 1. The fraction of sp³-hybridized carbons (Fsp3) is 0.316. The van der Waals surface area contributed by atoms with E-state index in [9.17, 15) is 5.26 Å².